The molecule has 0 saturated carbocycles. The van der Waals surface area contributed by atoms with E-state index in [9.17, 15) is 18.0 Å². The van der Waals surface area contributed by atoms with Crippen molar-refractivity contribution < 1.29 is 22.7 Å². The molecule has 2 aliphatic heterocycles. The number of carbonyl (C=O) groups excluding carboxylic acids is 2. The van der Waals surface area contributed by atoms with Crippen LogP contribution in [-0.2, 0) is 25.8 Å². The zero-order valence-electron chi connectivity index (χ0n) is 23.7. The number of nitrogens with zero attached hydrogens (tertiary/aromatic N) is 3. The van der Waals surface area contributed by atoms with Gasteiger partial charge in [0.25, 0.3) is 5.91 Å². The summed E-state index contributed by atoms with van der Waals surface area (Å²) in [4.78, 5) is 34.8. The van der Waals surface area contributed by atoms with E-state index in [0.29, 0.717) is 5.17 Å². The van der Waals surface area contributed by atoms with Gasteiger partial charge in [-0.3, -0.25) is 4.79 Å². The molecule has 2 aromatic carbocycles. The third-order valence-corrected chi connectivity index (χ3v) is 10.0. The minimum Gasteiger partial charge on any atom is -0.444 e. The van der Waals surface area contributed by atoms with Crippen LogP contribution in [0.4, 0.5) is 16.2 Å². The summed E-state index contributed by atoms with van der Waals surface area (Å²) in [5, 5.41) is 2.91. The SMILES string of the molecule is CCN(CC)c1ccc(N2C(=NC(=O)[C@H](Cc3ccccc3)NC(=O)OC(C)(C)C)S[C@@H]3CS(=O)(=O)C[C@@H]32)cc1. The van der Waals surface area contributed by atoms with Gasteiger partial charge in [0.2, 0.25) is 0 Å². The predicted molar refractivity (Wildman–Crippen MR) is 162 cm³/mol. The van der Waals surface area contributed by atoms with E-state index in [-0.39, 0.29) is 29.2 Å². The number of hydrogen-bond acceptors (Lipinski definition) is 7. The molecule has 0 bridgehead atoms. The van der Waals surface area contributed by atoms with Crippen molar-refractivity contribution in [3.63, 3.8) is 0 Å². The minimum absolute atomic E-state index is 0.000718. The van der Waals surface area contributed by atoms with Crippen LogP contribution in [0.5, 0.6) is 0 Å². The van der Waals surface area contributed by atoms with Crippen LogP contribution in [0.25, 0.3) is 0 Å². The predicted octanol–water partition coefficient (Wildman–Crippen LogP) is 4.27. The van der Waals surface area contributed by atoms with E-state index in [2.05, 4.69) is 29.1 Å². The molecule has 2 amide bonds. The van der Waals surface area contributed by atoms with E-state index in [1.165, 1.54) is 11.8 Å². The molecule has 11 heteroatoms. The lowest BCUT2D eigenvalue weighted by Gasteiger charge is -2.27. The first kappa shape index (κ1) is 29.9. The highest BCUT2D eigenvalue weighted by Gasteiger charge is 2.49. The maximum Gasteiger partial charge on any atom is 0.408 e. The number of aliphatic imine (C=N–C) groups is 1. The molecule has 0 radical (unpaired) electrons. The van der Waals surface area contributed by atoms with E-state index < -0.39 is 33.5 Å². The quantitative estimate of drug-likeness (QED) is 0.489. The molecule has 0 spiro atoms. The molecule has 216 valence electrons. The van der Waals surface area contributed by atoms with Crippen LogP contribution in [-0.4, -0.2) is 73.1 Å². The highest BCUT2D eigenvalue weighted by molar-refractivity contribution is 8.16. The van der Waals surface area contributed by atoms with Crippen molar-refractivity contribution in [3.05, 3.63) is 60.2 Å². The number of amides is 2. The number of benzene rings is 2. The Morgan fingerprint density at radius 1 is 1.07 bits per heavy atom. The molecular formula is C29H38N4O5S2. The van der Waals surface area contributed by atoms with E-state index in [4.69, 9.17) is 4.74 Å². The average Bonchev–Trinajstić information content (AvgIpc) is 3.35. The smallest absolute Gasteiger partial charge is 0.408 e. The molecule has 2 fully saturated rings. The van der Waals surface area contributed by atoms with Crippen molar-refractivity contribution in [1.29, 1.82) is 0 Å². The average molecular weight is 587 g/mol. The van der Waals surface area contributed by atoms with E-state index in [1.807, 2.05) is 59.5 Å². The maximum absolute atomic E-state index is 13.6. The van der Waals surface area contributed by atoms with Gasteiger partial charge in [-0.2, -0.15) is 4.99 Å². The Morgan fingerprint density at radius 3 is 2.33 bits per heavy atom. The van der Waals surface area contributed by atoms with Gasteiger partial charge in [-0.1, -0.05) is 42.1 Å². The zero-order chi connectivity index (χ0) is 29.1. The highest BCUT2D eigenvalue weighted by Crippen LogP contribution is 2.41. The molecule has 2 saturated heterocycles. The van der Waals surface area contributed by atoms with Crippen LogP contribution in [0.15, 0.2) is 59.6 Å². The Balaban J connectivity index is 1.65. The van der Waals surface area contributed by atoms with Gasteiger partial charge in [-0.05, 0) is 64.4 Å². The normalized spacial score (nSPS) is 21.6. The first-order valence-corrected chi connectivity index (χ1v) is 16.3. The first-order valence-electron chi connectivity index (χ1n) is 13.6. The Hall–Kier alpha value is -3.05. The molecule has 9 nitrogen and oxygen atoms in total. The molecule has 0 unspecified atom stereocenters. The third kappa shape index (κ3) is 7.37. The minimum atomic E-state index is -3.20. The number of alkyl carbamates (subject to hydrolysis) is 1. The molecule has 40 heavy (non-hydrogen) atoms. The van der Waals surface area contributed by atoms with Crippen molar-refractivity contribution in [2.24, 2.45) is 4.99 Å². The van der Waals surface area contributed by atoms with Crippen molar-refractivity contribution >= 4 is 50.1 Å². The van der Waals surface area contributed by atoms with Crippen molar-refractivity contribution in [3.8, 4) is 0 Å². The number of carbonyl (C=O) groups is 2. The number of fused-ring (bicyclic) bond motifs is 1. The molecule has 2 aromatic rings. The number of nitrogens with one attached hydrogen (secondary N) is 1. The zero-order valence-corrected chi connectivity index (χ0v) is 25.3. The van der Waals surface area contributed by atoms with E-state index >= 15 is 0 Å². The van der Waals surface area contributed by atoms with Gasteiger partial charge < -0.3 is 19.9 Å². The monoisotopic (exact) mass is 586 g/mol. The van der Waals surface area contributed by atoms with Crippen molar-refractivity contribution in [2.45, 2.75) is 64.0 Å². The second-order valence-corrected chi connectivity index (χ2v) is 14.3. The topological polar surface area (TPSA) is 108 Å². The fourth-order valence-corrected chi connectivity index (χ4v) is 8.87. The number of hydrogen-bond donors (Lipinski definition) is 1. The summed E-state index contributed by atoms with van der Waals surface area (Å²) in [7, 11) is -3.20. The van der Waals surface area contributed by atoms with E-state index in [1.54, 1.807) is 20.8 Å². The largest absolute Gasteiger partial charge is 0.444 e. The van der Waals surface area contributed by atoms with Gasteiger partial charge in [0.15, 0.2) is 15.0 Å². The number of ether oxygens (including phenoxy) is 1. The second kappa shape index (κ2) is 12.2. The lowest BCUT2D eigenvalue weighted by molar-refractivity contribution is -0.119. The number of sulfone groups is 1. The summed E-state index contributed by atoms with van der Waals surface area (Å²) in [5.41, 5.74) is 1.98. The van der Waals surface area contributed by atoms with Crippen LogP contribution >= 0.6 is 11.8 Å². The third-order valence-electron chi connectivity index (χ3n) is 6.80. The van der Waals surface area contributed by atoms with Crippen LogP contribution in [0.2, 0.25) is 0 Å². The summed E-state index contributed by atoms with van der Waals surface area (Å²) in [5.74, 6) is -0.489. The highest BCUT2D eigenvalue weighted by atomic mass is 32.2. The van der Waals surface area contributed by atoms with Gasteiger partial charge in [-0.25, -0.2) is 13.2 Å². The van der Waals surface area contributed by atoms with Gasteiger partial charge >= 0.3 is 6.09 Å². The van der Waals surface area contributed by atoms with Crippen molar-refractivity contribution in [1.82, 2.24) is 5.32 Å². The van der Waals surface area contributed by atoms with Gasteiger partial charge in [0.1, 0.15) is 11.6 Å². The first-order chi connectivity index (χ1) is 18.9. The lowest BCUT2D eigenvalue weighted by Crippen LogP contribution is -2.45. The summed E-state index contributed by atoms with van der Waals surface area (Å²) < 4.78 is 30.4. The lowest BCUT2D eigenvalue weighted by atomic mass is 10.1. The molecule has 3 atom stereocenters. The maximum atomic E-state index is 13.6. The Bertz CT molecular complexity index is 1340. The summed E-state index contributed by atoms with van der Waals surface area (Å²) in [6.45, 7) is 11.2. The van der Waals surface area contributed by atoms with Gasteiger partial charge in [0.05, 0.1) is 17.5 Å². The number of thioether (sulfide) groups is 1. The molecular weight excluding hydrogens is 548 g/mol. The molecule has 4 rings (SSSR count). The molecule has 0 aliphatic carbocycles. The van der Waals surface area contributed by atoms with Crippen molar-refractivity contribution in [2.75, 3.05) is 34.4 Å². The molecule has 2 heterocycles. The standard InChI is InChI=1S/C29H38N4O5S2/c1-6-32(7-2)21-13-15-22(16-14-21)33-24-18-40(36,37)19-25(24)39-27(33)31-26(34)23(17-20-11-9-8-10-12-20)30-28(35)38-29(3,4)5/h8-16,23-25H,6-7,17-19H2,1-5H3,(H,30,35)/t23-,24-,25+/m0/s1. The van der Waals surface area contributed by atoms with Gasteiger partial charge in [-0.15, -0.1) is 0 Å². The number of anilines is 2. The number of rotatable bonds is 8. The Morgan fingerprint density at radius 2 is 1.73 bits per heavy atom. The van der Waals surface area contributed by atoms with E-state index in [0.717, 1.165) is 30.0 Å². The van der Waals surface area contributed by atoms with Crippen LogP contribution < -0.4 is 15.1 Å². The summed E-state index contributed by atoms with van der Waals surface area (Å²) in [6, 6.07) is 16.0. The number of amidine groups is 1. The Labute approximate surface area is 241 Å². The molecule has 0 aromatic heterocycles. The molecule has 2 aliphatic rings. The Kier molecular flexibility index (Phi) is 9.14. The van der Waals surface area contributed by atoms with Gasteiger partial charge in [0, 0.05) is 36.1 Å². The fourth-order valence-electron chi connectivity index (χ4n) is 4.95. The molecule has 1 N–H and O–H groups in total. The summed E-state index contributed by atoms with van der Waals surface area (Å²) in [6.07, 6.45) is -0.465. The fraction of sp³-hybridized carbons (Fsp3) is 0.483. The summed E-state index contributed by atoms with van der Waals surface area (Å²) >= 11 is 1.31. The second-order valence-electron chi connectivity index (χ2n) is 11.0. The van der Waals surface area contributed by atoms with Crippen LogP contribution in [0, 0.1) is 0 Å². The van der Waals surface area contributed by atoms with Crippen LogP contribution in [0.3, 0.4) is 0 Å². The van der Waals surface area contributed by atoms with Crippen LogP contribution in [0.1, 0.15) is 40.2 Å².